The molecule has 17 heavy (non-hydrogen) atoms. The Morgan fingerprint density at radius 3 is 3.06 bits per heavy atom. The lowest BCUT2D eigenvalue weighted by molar-refractivity contribution is 0.531. The number of nitrogens with zero attached hydrogens (tertiary/aromatic N) is 3. The Bertz CT molecular complexity index is 457. The molecule has 5 nitrogen and oxygen atoms in total. The number of aromatic amines is 1. The zero-order valence-electron chi connectivity index (χ0n) is 9.52. The van der Waals surface area contributed by atoms with E-state index in [9.17, 15) is 4.39 Å². The topological polar surface area (TPSA) is 66.5 Å². The highest BCUT2D eigenvalue weighted by molar-refractivity contribution is 5.17. The maximum absolute atomic E-state index is 13.0. The molecule has 1 unspecified atom stereocenters. The summed E-state index contributed by atoms with van der Waals surface area (Å²) in [5.74, 6) is 0.420. The van der Waals surface area contributed by atoms with Gasteiger partial charge < -0.3 is 5.32 Å². The molecule has 0 saturated carbocycles. The molecular formula is C11H14FN5. The van der Waals surface area contributed by atoms with E-state index in [0.29, 0.717) is 12.4 Å². The summed E-state index contributed by atoms with van der Waals surface area (Å²) < 4.78 is 13.0. The molecule has 1 aromatic carbocycles. The Morgan fingerprint density at radius 1 is 1.47 bits per heavy atom. The summed E-state index contributed by atoms with van der Waals surface area (Å²) in [7, 11) is 0. The van der Waals surface area contributed by atoms with Crippen LogP contribution < -0.4 is 5.32 Å². The number of nitrogens with one attached hydrogen (secondary N) is 2. The van der Waals surface area contributed by atoms with Crippen LogP contribution in [0.25, 0.3) is 0 Å². The maximum atomic E-state index is 13.0. The maximum Gasteiger partial charge on any atom is 0.188 e. The van der Waals surface area contributed by atoms with Crippen molar-refractivity contribution < 1.29 is 4.39 Å². The molecule has 1 atom stereocenters. The zero-order chi connectivity index (χ0) is 12.1. The van der Waals surface area contributed by atoms with Crippen LogP contribution in [0.5, 0.6) is 0 Å². The molecule has 90 valence electrons. The van der Waals surface area contributed by atoms with Gasteiger partial charge in [0, 0.05) is 6.04 Å². The normalized spacial score (nSPS) is 12.6. The highest BCUT2D eigenvalue weighted by Gasteiger charge is 2.05. The lowest BCUT2D eigenvalue weighted by Gasteiger charge is -2.12. The van der Waals surface area contributed by atoms with Crippen molar-refractivity contribution in [1.29, 1.82) is 0 Å². The third-order valence-electron chi connectivity index (χ3n) is 2.43. The minimum absolute atomic E-state index is 0.201. The van der Waals surface area contributed by atoms with E-state index in [1.807, 2.05) is 13.0 Å². The number of aromatic nitrogens is 4. The monoisotopic (exact) mass is 235 g/mol. The summed E-state index contributed by atoms with van der Waals surface area (Å²) in [5.41, 5.74) is 0.970. The Kier molecular flexibility index (Phi) is 3.77. The van der Waals surface area contributed by atoms with Crippen LogP contribution in [0, 0.1) is 5.82 Å². The van der Waals surface area contributed by atoms with Crippen LogP contribution in [-0.2, 0) is 13.0 Å². The second-order valence-corrected chi connectivity index (χ2v) is 3.94. The minimum Gasteiger partial charge on any atom is -0.307 e. The van der Waals surface area contributed by atoms with Gasteiger partial charge in [0.25, 0.3) is 0 Å². The standard InChI is InChI=1S/C11H14FN5/c1-8(13-7-11-14-16-17-15-11)5-9-3-2-4-10(12)6-9/h2-4,6,8,13H,5,7H2,1H3,(H,14,15,16,17). The largest absolute Gasteiger partial charge is 0.307 e. The number of hydrogen-bond acceptors (Lipinski definition) is 4. The van der Waals surface area contributed by atoms with Gasteiger partial charge in [-0.3, -0.25) is 0 Å². The van der Waals surface area contributed by atoms with Crippen molar-refractivity contribution in [1.82, 2.24) is 25.9 Å². The summed E-state index contributed by atoms with van der Waals surface area (Å²) in [6.45, 7) is 2.58. The Balaban J connectivity index is 1.83. The molecule has 1 heterocycles. The SMILES string of the molecule is CC(Cc1cccc(F)c1)NCc1nn[nH]n1. The van der Waals surface area contributed by atoms with E-state index in [-0.39, 0.29) is 11.9 Å². The number of hydrogen-bond donors (Lipinski definition) is 2. The van der Waals surface area contributed by atoms with Gasteiger partial charge >= 0.3 is 0 Å². The second-order valence-electron chi connectivity index (χ2n) is 3.94. The lowest BCUT2D eigenvalue weighted by atomic mass is 10.1. The van der Waals surface area contributed by atoms with Gasteiger partial charge in [-0.05, 0) is 31.0 Å². The molecule has 0 aliphatic carbocycles. The van der Waals surface area contributed by atoms with Gasteiger partial charge in [0.15, 0.2) is 5.82 Å². The van der Waals surface area contributed by atoms with Gasteiger partial charge in [-0.1, -0.05) is 17.3 Å². The smallest absolute Gasteiger partial charge is 0.188 e. The van der Waals surface area contributed by atoms with Gasteiger partial charge in [-0.15, -0.1) is 10.2 Å². The van der Waals surface area contributed by atoms with E-state index < -0.39 is 0 Å². The van der Waals surface area contributed by atoms with Crippen molar-refractivity contribution in [3.63, 3.8) is 0 Å². The molecule has 0 spiro atoms. The third-order valence-corrected chi connectivity index (χ3v) is 2.43. The van der Waals surface area contributed by atoms with E-state index in [1.165, 1.54) is 6.07 Å². The average molecular weight is 235 g/mol. The molecule has 0 saturated heterocycles. The summed E-state index contributed by atoms with van der Waals surface area (Å²) in [4.78, 5) is 0. The third kappa shape index (κ3) is 3.60. The van der Waals surface area contributed by atoms with Crippen molar-refractivity contribution >= 4 is 0 Å². The van der Waals surface area contributed by atoms with E-state index in [0.717, 1.165) is 12.0 Å². The first-order valence-electron chi connectivity index (χ1n) is 5.44. The quantitative estimate of drug-likeness (QED) is 0.813. The lowest BCUT2D eigenvalue weighted by Crippen LogP contribution is -2.28. The minimum atomic E-state index is -0.201. The van der Waals surface area contributed by atoms with Crippen molar-refractivity contribution in [2.24, 2.45) is 0 Å². The molecule has 0 aliphatic heterocycles. The van der Waals surface area contributed by atoms with Crippen LogP contribution in [0.1, 0.15) is 18.3 Å². The van der Waals surface area contributed by atoms with Gasteiger partial charge in [0.2, 0.25) is 0 Å². The Morgan fingerprint density at radius 2 is 2.35 bits per heavy atom. The summed E-state index contributed by atoms with van der Waals surface area (Å²) in [6.07, 6.45) is 0.760. The molecule has 6 heteroatoms. The number of H-pyrrole nitrogens is 1. The van der Waals surface area contributed by atoms with Crippen molar-refractivity contribution in [2.75, 3.05) is 0 Å². The molecule has 2 N–H and O–H groups in total. The van der Waals surface area contributed by atoms with Crippen LogP contribution in [-0.4, -0.2) is 26.7 Å². The summed E-state index contributed by atoms with van der Waals surface area (Å²) in [5, 5.41) is 16.8. The molecule has 0 radical (unpaired) electrons. The summed E-state index contributed by atoms with van der Waals surface area (Å²) >= 11 is 0. The molecule has 0 fully saturated rings. The van der Waals surface area contributed by atoms with Crippen LogP contribution in [0.2, 0.25) is 0 Å². The zero-order valence-corrected chi connectivity index (χ0v) is 9.52. The van der Waals surface area contributed by atoms with Crippen molar-refractivity contribution in [3.05, 3.63) is 41.5 Å². The van der Waals surface area contributed by atoms with Crippen LogP contribution in [0.4, 0.5) is 4.39 Å². The highest BCUT2D eigenvalue weighted by Crippen LogP contribution is 2.06. The number of rotatable bonds is 5. The van der Waals surface area contributed by atoms with Crippen LogP contribution in [0.3, 0.4) is 0 Å². The van der Waals surface area contributed by atoms with Gasteiger partial charge in [0.1, 0.15) is 5.82 Å². The first kappa shape index (κ1) is 11.7. The Hall–Kier alpha value is -1.82. The van der Waals surface area contributed by atoms with E-state index in [2.05, 4.69) is 25.9 Å². The highest BCUT2D eigenvalue weighted by atomic mass is 19.1. The fraction of sp³-hybridized carbons (Fsp3) is 0.364. The first-order chi connectivity index (χ1) is 8.24. The van der Waals surface area contributed by atoms with Crippen LogP contribution >= 0.6 is 0 Å². The van der Waals surface area contributed by atoms with Crippen molar-refractivity contribution in [2.45, 2.75) is 25.9 Å². The summed E-state index contributed by atoms with van der Waals surface area (Å²) in [6, 6.07) is 6.84. The molecule has 0 amide bonds. The first-order valence-corrected chi connectivity index (χ1v) is 5.44. The van der Waals surface area contributed by atoms with E-state index >= 15 is 0 Å². The van der Waals surface area contributed by atoms with Gasteiger partial charge in [0.05, 0.1) is 6.54 Å². The molecule has 2 rings (SSSR count). The van der Waals surface area contributed by atoms with Crippen molar-refractivity contribution in [3.8, 4) is 0 Å². The number of halogens is 1. The van der Waals surface area contributed by atoms with E-state index in [1.54, 1.807) is 12.1 Å². The fourth-order valence-corrected chi connectivity index (χ4v) is 1.61. The predicted molar refractivity (Wildman–Crippen MR) is 60.6 cm³/mol. The van der Waals surface area contributed by atoms with Gasteiger partial charge in [-0.25, -0.2) is 4.39 Å². The average Bonchev–Trinajstić information content (AvgIpc) is 2.79. The molecule has 0 bridgehead atoms. The molecule has 0 aliphatic rings. The second kappa shape index (κ2) is 5.49. The predicted octanol–water partition coefficient (Wildman–Crippen LogP) is 1.06. The number of tetrazole rings is 1. The molecular weight excluding hydrogens is 221 g/mol. The fourth-order valence-electron chi connectivity index (χ4n) is 1.61. The van der Waals surface area contributed by atoms with Crippen LogP contribution in [0.15, 0.2) is 24.3 Å². The Labute approximate surface area is 98.4 Å². The molecule has 1 aromatic heterocycles. The molecule has 2 aromatic rings. The van der Waals surface area contributed by atoms with E-state index in [4.69, 9.17) is 0 Å². The number of benzene rings is 1. The van der Waals surface area contributed by atoms with Gasteiger partial charge in [-0.2, -0.15) is 5.21 Å².